The topological polar surface area (TPSA) is 26.0 Å². The molecule has 0 saturated heterocycles. The molecule has 82 valence electrons. The van der Waals surface area contributed by atoms with Gasteiger partial charge in [-0.25, -0.2) is 0 Å². The first kappa shape index (κ1) is 13.9. The van der Waals surface area contributed by atoms with Gasteiger partial charge in [-0.1, -0.05) is 26.7 Å². The second kappa shape index (κ2) is 7.27. The lowest BCUT2D eigenvalue weighted by atomic mass is 10.1. The van der Waals surface area contributed by atoms with E-state index in [1.807, 2.05) is 11.3 Å². The van der Waals surface area contributed by atoms with Gasteiger partial charge in [0.05, 0.1) is 0 Å². The average molecular weight is 234 g/mol. The van der Waals surface area contributed by atoms with E-state index in [0.717, 1.165) is 12.8 Å². The maximum absolute atomic E-state index is 6.06. The van der Waals surface area contributed by atoms with E-state index in [1.165, 1.54) is 22.6 Å². The molecule has 1 nitrogen and oxygen atoms in total. The van der Waals surface area contributed by atoms with Crippen molar-refractivity contribution < 1.29 is 0 Å². The molecule has 0 aliphatic carbocycles. The SMILES string of the molecule is CCCC[C@H](N)c1ccc(CC)s1.Cl. The minimum atomic E-state index is 0. The monoisotopic (exact) mass is 233 g/mol. The van der Waals surface area contributed by atoms with Crippen LogP contribution < -0.4 is 5.73 Å². The highest BCUT2D eigenvalue weighted by atomic mass is 35.5. The maximum Gasteiger partial charge on any atom is 0.0389 e. The summed E-state index contributed by atoms with van der Waals surface area (Å²) in [5.41, 5.74) is 6.06. The van der Waals surface area contributed by atoms with Gasteiger partial charge in [0.2, 0.25) is 0 Å². The molecule has 0 unspecified atom stereocenters. The molecule has 0 aliphatic heterocycles. The Morgan fingerprint density at radius 2 is 2.07 bits per heavy atom. The van der Waals surface area contributed by atoms with Crippen molar-refractivity contribution in [3.63, 3.8) is 0 Å². The summed E-state index contributed by atoms with van der Waals surface area (Å²) in [4.78, 5) is 2.80. The summed E-state index contributed by atoms with van der Waals surface area (Å²) < 4.78 is 0. The van der Waals surface area contributed by atoms with E-state index < -0.39 is 0 Å². The molecule has 0 spiro atoms. The van der Waals surface area contributed by atoms with Gasteiger partial charge < -0.3 is 5.73 Å². The molecule has 0 bridgehead atoms. The average Bonchev–Trinajstić information content (AvgIpc) is 2.62. The van der Waals surface area contributed by atoms with Gasteiger partial charge in [-0.15, -0.1) is 23.7 Å². The highest BCUT2D eigenvalue weighted by molar-refractivity contribution is 7.12. The van der Waals surface area contributed by atoms with Crippen LogP contribution in [0.4, 0.5) is 0 Å². The molecule has 3 heteroatoms. The lowest BCUT2D eigenvalue weighted by molar-refractivity contribution is 0.611. The van der Waals surface area contributed by atoms with E-state index >= 15 is 0 Å². The fourth-order valence-corrected chi connectivity index (χ4v) is 2.34. The first-order valence-corrected chi connectivity index (χ1v) is 5.93. The zero-order chi connectivity index (χ0) is 9.68. The van der Waals surface area contributed by atoms with Crippen LogP contribution in [-0.2, 0) is 6.42 Å². The highest BCUT2D eigenvalue weighted by Crippen LogP contribution is 2.25. The number of hydrogen-bond acceptors (Lipinski definition) is 2. The number of thiophene rings is 1. The normalized spacial score (nSPS) is 12.2. The van der Waals surface area contributed by atoms with E-state index in [0.29, 0.717) is 0 Å². The first-order chi connectivity index (χ1) is 6.27. The van der Waals surface area contributed by atoms with Crippen molar-refractivity contribution in [2.24, 2.45) is 5.73 Å². The van der Waals surface area contributed by atoms with Crippen LogP contribution in [0.5, 0.6) is 0 Å². The predicted molar refractivity (Wildman–Crippen MR) is 67.4 cm³/mol. The standard InChI is InChI=1S/C11H19NS.ClH/c1-3-5-6-10(12)11-8-7-9(4-2)13-11;/h7-8,10H,3-6,12H2,1-2H3;1H/t10-;/m0./s1. The number of halogens is 1. The summed E-state index contributed by atoms with van der Waals surface area (Å²) in [5, 5.41) is 0. The van der Waals surface area contributed by atoms with Crippen LogP contribution in [0.2, 0.25) is 0 Å². The summed E-state index contributed by atoms with van der Waals surface area (Å²) in [6.45, 7) is 4.39. The largest absolute Gasteiger partial charge is 0.323 e. The number of rotatable bonds is 5. The molecule has 1 aromatic rings. The van der Waals surface area contributed by atoms with E-state index in [2.05, 4.69) is 26.0 Å². The first-order valence-electron chi connectivity index (χ1n) is 5.12. The van der Waals surface area contributed by atoms with Crippen molar-refractivity contribution in [2.45, 2.75) is 45.6 Å². The van der Waals surface area contributed by atoms with Crippen LogP contribution >= 0.6 is 23.7 Å². The summed E-state index contributed by atoms with van der Waals surface area (Å²) >= 11 is 1.87. The minimum Gasteiger partial charge on any atom is -0.323 e. The van der Waals surface area contributed by atoms with Crippen molar-refractivity contribution in [2.75, 3.05) is 0 Å². The molecule has 1 atom stereocenters. The van der Waals surface area contributed by atoms with Gasteiger partial charge in [-0.2, -0.15) is 0 Å². The Balaban J connectivity index is 0.00000169. The highest BCUT2D eigenvalue weighted by Gasteiger charge is 2.07. The lowest BCUT2D eigenvalue weighted by Gasteiger charge is -2.07. The van der Waals surface area contributed by atoms with Crippen LogP contribution in [0.15, 0.2) is 12.1 Å². The molecule has 1 rings (SSSR count). The van der Waals surface area contributed by atoms with Crippen molar-refractivity contribution >= 4 is 23.7 Å². The molecule has 0 amide bonds. The van der Waals surface area contributed by atoms with Crippen molar-refractivity contribution in [1.29, 1.82) is 0 Å². The Morgan fingerprint density at radius 1 is 1.36 bits per heavy atom. The fourth-order valence-electron chi connectivity index (χ4n) is 1.35. The van der Waals surface area contributed by atoms with Gasteiger partial charge in [0, 0.05) is 15.8 Å². The van der Waals surface area contributed by atoms with Crippen molar-refractivity contribution in [3.8, 4) is 0 Å². The van der Waals surface area contributed by atoms with Crippen LogP contribution in [0.25, 0.3) is 0 Å². The molecular formula is C11H20ClNS. The van der Waals surface area contributed by atoms with E-state index in [9.17, 15) is 0 Å². The molecule has 0 aromatic carbocycles. The smallest absolute Gasteiger partial charge is 0.0389 e. The number of hydrogen-bond donors (Lipinski definition) is 1. The maximum atomic E-state index is 6.06. The van der Waals surface area contributed by atoms with Crippen molar-refractivity contribution in [3.05, 3.63) is 21.9 Å². The minimum absolute atomic E-state index is 0. The third-order valence-corrected chi connectivity index (χ3v) is 3.63. The zero-order valence-electron chi connectivity index (χ0n) is 8.95. The van der Waals surface area contributed by atoms with Gasteiger partial charge in [0.15, 0.2) is 0 Å². The lowest BCUT2D eigenvalue weighted by Crippen LogP contribution is -2.07. The molecule has 2 N–H and O–H groups in total. The van der Waals surface area contributed by atoms with Crippen LogP contribution in [0.3, 0.4) is 0 Å². The van der Waals surface area contributed by atoms with E-state index in [4.69, 9.17) is 5.73 Å². The van der Waals surface area contributed by atoms with Gasteiger partial charge in [-0.3, -0.25) is 0 Å². The Labute approximate surface area is 97.1 Å². The summed E-state index contributed by atoms with van der Waals surface area (Å²) in [5.74, 6) is 0. The quantitative estimate of drug-likeness (QED) is 0.820. The molecule has 1 heterocycles. The number of nitrogens with two attached hydrogens (primary N) is 1. The molecule has 0 fully saturated rings. The summed E-state index contributed by atoms with van der Waals surface area (Å²) in [6, 6.07) is 4.65. The van der Waals surface area contributed by atoms with Gasteiger partial charge >= 0.3 is 0 Å². The second-order valence-electron chi connectivity index (χ2n) is 3.41. The fraction of sp³-hybridized carbons (Fsp3) is 0.636. The third kappa shape index (κ3) is 3.99. The molecule has 0 radical (unpaired) electrons. The Morgan fingerprint density at radius 3 is 2.57 bits per heavy atom. The van der Waals surface area contributed by atoms with Crippen LogP contribution in [0, 0.1) is 0 Å². The van der Waals surface area contributed by atoms with Crippen LogP contribution in [0.1, 0.15) is 48.9 Å². The third-order valence-electron chi connectivity index (χ3n) is 2.27. The molecule has 0 saturated carbocycles. The van der Waals surface area contributed by atoms with E-state index in [-0.39, 0.29) is 18.4 Å². The summed E-state index contributed by atoms with van der Waals surface area (Å²) in [7, 11) is 0. The van der Waals surface area contributed by atoms with Crippen LogP contribution in [-0.4, -0.2) is 0 Å². The zero-order valence-corrected chi connectivity index (χ0v) is 10.6. The van der Waals surface area contributed by atoms with Gasteiger partial charge in [-0.05, 0) is 25.0 Å². The van der Waals surface area contributed by atoms with Gasteiger partial charge in [0.1, 0.15) is 0 Å². The molecule has 1 aromatic heterocycles. The second-order valence-corrected chi connectivity index (χ2v) is 4.61. The Hall–Kier alpha value is -0.0500. The van der Waals surface area contributed by atoms with E-state index in [1.54, 1.807) is 0 Å². The summed E-state index contributed by atoms with van der Waals surface area (Å²) in [6.07, 6.45) is 4.73. The van der Waals surface area contributed by atoms with Crippen molar-refractivity contribution in [1.82, 2.24) is 0 Å². The molecular weight excluding hydrogens is 214 g/mol. The predicted octanol–water partition coefficient (Wildman–Crippen LogP) is 3.92. The number of aryl methyl sites for hydroxylation is 1. The Bertz CT molecular complexity index is 247. The molecule has 14 heavy (non-hydrogen) atoms. The number of unbranched alkanes of at least 4 members (excludes halogenated alkanes) is 1. The Kier molecular flexibility index (Phi) is 7.24. The van der Waals surface area contributed by atoms with Gasteiger partial charge in [0.25, 0.3) is 0 Å². The molecule has 0 aliphatic rings.